The molecule has 5 rings (SSSR count). The van der Waals surface area contributed by atoms with E-state index in [9.17, 15) is 19.4 Å². The molecular formula is C27H31FN4O4. The van der Waals surface area contributed by atoms with Crippen LogP contribution < -0.4 is 14.5 Å². The molecule has 190 valence electrons. The third-order valence-electron chi connectivity index (χ3n) is 6.85. The molecule has 2 aliphatic rings. The highest BCUT2D eigenvalue weighted by atomic mass is 19.1. The molecule has 0 radical (unpaired) electrons. The molecule has 1 amide bonds. The smallest absolute Gasteiger partial charge is 0.318 e. The molecule has 36 heavy (non-hydrogen) atoms. The van der Waals surface area contributed by atoms with E-state index < -0.39 is 6.10 Å². The van der Waals surface area contributed by atoms with Gasteiger partial charge in [-0.05, 0) is 49.3 Å². The number of aryl methyl sites for hydroxylation is 1. The Morgan fingerprint density at radius 2 is 1.89 bits per heavy atom. The number of phenols is 1. The number of halogens is 1. The fourth-order valence-corrected chi connectivity index (χ4v) is 5.16. The van der Waals surface area contributed by atoms with Gasteiger partial charge < -0.3 is 24.7 Å². The van der Waals surface area contributed by atoms with E-state index in [1.807, 2.05) is 6.92 Å². The van der Waals surface area contributed by atoms with Crippen molar-refractivity contribution in [1.29, 1.82) is 0 Å². The summed E-state index contributed by atoms with van der Waals surface area (Å²) in [7, 11) is 0. The number of nitrogens with zero attached hydrogens (tertiary/aromatic N) is 4. The number of anilines is 2. The molecule has 0 aliphatic carbocycles. The number of fused-ring (bicyclic) bond motifs is 2. The number of benzene rings is 2. The minimum Gasteiger partial charge on any atom is -0.508 e. The van der Waals surface area contributed by atoms with Gasteiger partial charge in [-0.1, -0.05) is 25.8 Å². The maximum Gasteiger partial charge on any atom is 0.318 e. The van der Waals surface area contributed by atoms with Gasteiger partial charge in [-0.25, -0.2) is 4.39 Å². The Balaban J connectivity index is 1.63. The van der Waals surface area contributed by atoms with E-state index in [2.05, 4.69) is 14.9 Å². The molecule has 0 bridgehead atoms. The molecule has 0 saturated carbocycles. The highest BCUT2D eigenvalue weighted by Crippen LogP contribution is 2.41. The average Bonchev–Trinajstić information content (AvgIpc) is 3.01. The number of rotatable bonds is 6. The number of aromatic hydroxyl groups is 1. The van der Waals surface area contributed by atoms with Crippen LogP contribution in [0.25, 0.3) is 10.8 Å². The molecule has 1 aromatic heterocycles. The van der Waals surface area contributed by atoms with Crippen LogP contribution >= 0.6 is 0 Å². The summed E-state index contributed by atoms with van der Waals surface area (Å²) in [4.78, 5) is 26.7. The highest BCUT2D eigenvalue weighted by Gasteiger charge is 2.37. The first-order valence-electron chi connectivity index (χ1n) is 12.6. The number of phenolic OH excluding ortho intramolecular Hbond substituents is 1. The van der Waals surface area contributed by atoms with E-state index in [1.54, 1.807) is 24.0 Å². The van der Waals surface area contributed by atoms with Crippen molar-refractivity contribution in [3.63, 3.8) is 0 Å². The standard InChI is InChI=1S/C27H31FN4O4/c1-3-19-20(28)9-8-17-12-18(34)13-22(23(17)19)32-14-21-24(26(32)35)25(31-10-6-4-5-7-11-31)30-27(29-21)36-15-16(2)33/h8-9,12-13,16,33-34H,3-7,10-11,14-15H2,1-2H3/t16-/m1/s1. The summed E-state index contributed by atoms with van der Waals surface area (Å²) in [5.41, 5.74) is 1.86. The van der Waals surface area contributed by atoms with Gasteiger partial charge in [0.25, 0.3) is 5.91 Å². The van der Waals surface area contributed by atoms with Gasteiger partial charge in [-0.15, -0.1) is 0 Å². The normalized spacial score (nSPS) is 16.8. The number of amides is 1. The van der Waals surface area contributed by atoms with E-state index in [1.165, 1.54) is 12.1 Å². The van der Waals surface area contributed by atoms with Gasteiger partial charge in [-0.3, -0.25) is 4.79 Å². The second kappa shape index (κ2) is 9.89. The summed E-state index contributed by atoms with van der Waals surface area (Å²) in [6.45, 7) is 5.20. The zero-order valence-corrected chi connectivity index (χ0v) is 20.6. The Labute approximate surface area is 209 Å². The molecule has 3 heterocycles. The predicted octanol–water partition coefficient (Wildman–Crippen LogP) is 4.34. The molecule has 3 aromatic rings. The van der Waals surface area contributed by atoms with E-state index in [4.69, 9.17) is 4.74 Å². The van der Waals surface area contributed by atoms with E-state index in [0.717, 1.165) is 38.8 Å². The molecule has 0 unspecified atom stereocenters. The molecule has 2 aromatic carbocycles. The lowest BCUT2D eigenvalue weighted by Gasteiger charge is -2.24. The molecule has 1 atom stereocenters. The Bertz CT molecular complexity index is 1300. The van der Waals surface area contributed by atoms with Crippen LogP contribution in [-0.2, 0) is 13.0 Å². The fraction of sp³-hybridized carbons (Fsp3) is 0.444. The van der Waals surface area contributed by atoms with Gasteiger partial charge >= 0.3 is 6.01 Å². The first kappa shape index (κ1) is 24.2. The minimum absolute atomic E-state index is 0.00491. The molecule has 8 nitrogen and oxygen atoms in total. The van der Waals surface area contributed by atoms with E-state index in [0.29, 0.717) is 45.5 Å². The lowest BCUT2D eigenvalue weighted by Crippen LogP contribution is -2.29. The lowest BCUT2D eigenvalue weighted by molar-refractivity contribution is 0.0996. The van der Waals surface area contributed by atoms with E-state index >= 15 is 0 Å². The first-order chi connectivity index (χ1) is 17.4. The van der Waals surface area contributed by atoms with Crippen molar-refractivity contribution < 1.29 is 24.1 Å². The third kappa shape index (κ3) is 4.43. The molecule has 1 saturated heterocycles. The van der Waals surface area contributed by atoms with Gasteiger partial charge in [0, 0.05) is 24.5 Å². The number of hydrogen-bond acceptors (Lipinski definition) is 7. The Morgan fingerprint density at radius 3 is 2.58 bits per heavy atom. The van der Waals surface area contributed by atoms with E-state index in [-0.39, 0.29) is 36.6 Å². The maximum absolute atomic E-state index is 14.8. The molecule has 1 fully saturated rings. The SMILES string of the molecule is CCc1c(F)ccc2cc(O)cc(N3Cc4nc(OC[C@@H](C)O)nc(N5CCCCCC5)c4C3=O)c12. The maximum atomic E-state index is 14.8. The van der Waals surface area contributed by atoms with Crippen molar-refractivity contribution in [2.75, 3.05) is 29.5 Å². The van der Waals surface area contributed by atoms with Crippen LogP contribution in [0.1, 0.15) is 61.1 Å². The van der Waals surface area contributed by atoms with Gasteiger partial charge in [0.05, 0.1) is 24.0 Å². The van der Waals surface area contributed by atoms with Crippen molar-refractivity contribution in [3.8, 4) is 11.8 Å². The summed E-state index contributed by atoms with van der Waals surface area (Å²) < 4.78 is 20.4. The fourth-order valence-electron chi connectivity index (χ4n) is 5.16. The van der Waals surface area contributed by atoms with Crippen LogP contribution in [0.2, 0.25) is 0 Å². The van der Waals surface area contributed by atoms with Crippen molar-refractivity contribution in [1.82, 2.24) is 9.97 Å². The zero-order chi connectivity index (χ0) is 25.4. The number of ether oxygens (including phenoxy) is 1. The Morgan fingerprint density at radius 1 is 1.14 bits per heavy atom. The van der Waals surface area contributed by atoms with Crippen molar-refractivity contribution in [3.05, 3.63) is 46.9 Å². The van der Waals surface area contributed by atoms with Gasteiger partial charge in [0.15, 0.2) is 0 Å². The van der Waals surface area contributed by atoms with Crippen LogP contribution in [0, 0.1) is 5.82 Å². The number of aliphatic hydroxyl groups is 1. The van der Waals surface area contributed by atoms with Gasteiger partial charge in [0.1, 0.15) is 29.6 Å². The van der Waals surface area contributed by atoms with Crippen LogP contribution in [-0.4, -0.2) is 51.9 Å². The van der Waals surface area contributed by atoms with Crippen molar-refractivity contribution in [2.24, 2.45) is 0 Å². The van der Waals surface area contributed by atoms with Crippen LogP contribution in [0.3, 0.4) is 0 Å². The quantitative estimate of drug-likeness (QED) is 0.526. The van der Waals surface area contributed by atoms with Gasteiger partial charge in [-0.2, -0.15) is 9.97 Å². The number of carbonyl (C=O) groups is 1. The van der Waals surface area contributed by atoms with Crippen molar-refractivity contribution in [2.45, 2.75) is 58.6 Å². The number of carbonyl (C=O) groups excluding carboxylic acids is 1. The molecule has 2 N–H and O–H groups in total. The second-order valence-electron chi connectivity index (χ2n) is 9.55. The van der Waals surface area contributed by atoms with Crippen LogP contribution in [0.5, 0.6) is 11.8 Å². The summed E-state index contributed by atoms with van der Waals surface area (Å²) in [5, 5.41) is 21.4. The summed E-state index contributed by atoms with van der Waals surface area (Å²) in [6.07, 6.45) is 3.98. The number of aromatic nitrogens is 2. The van der Waals surface area contributed by atoms with Crippen molar-refractivity contribution >= 4 is 28.2 Å². The molecular weight excluding hydrogens is 463 g/mol. The highest BCUT2D eigenvalue weighted by molar-refractivity contribution is 6.16. The number of hydrogen-bond donors (Lipinski definition) is 2. The number of aliphatic hydroxyl groups excluding tert-OH is 1. The zero-order valence-electron chi connectivity index (χ0n) is 20.6. The summed E-state index contributed by atoms with van der Waals surface area (Å²) in [6, 6.07) is 6.21. The first-order valence-corrected chi connectivity index (χ1v) is 12.6. The average molecular weight is 495 g/mol. The monoisotopic (exact) mass is 494 g/mol. The lowest BCUT2D eigenvalue weighted by atomic mass is 9.99. The minimum atomic E-state index is -0.692. The van der Waals surface area contributed by atoms with Crippen LogP contribution in [0.15, 0.2) is 24.3 Å². The van der Waals surface area contributed by atoms with Crippen LogP contribution in [0.4, 0.5) is 15.9 Å². The Kier molecular flexibility index (Phi) is 6.66. The van der Waals surface area contributed by atoms with Gasteiger partial charge in [0.2, 0.25) is 0 Å². The molecule has 2 aliphatic heterocycles. The Hall–Kier alpha value is -3.46. The summed E-state index contributed by atoms with van der Waals surface area (Å²) >= 11 is 0. The predicted molar refractivity (Wildman–Crippen MR) is 135 cm³/mol. The molecule has 9 heteroatoms. The second-order valence-corrected chi connectivity index (χ2v) is 9.55. The largest absolute Gasteiger partial charge is 0.508 e. The summed E-state index contributed by atoms with van der Waals surface area (Å²) in [5.74, 6) is -0.111. The topological polar surface area (TPSA) is 99.0 Å². The third-order valence-corrected chi connectivity index (χ3v) is 6.85. The molecule has 0 spiro atoms.